The van der Waals surface area contributed by atoms with Crippen LogP contribution in [0.3, 0.4) is 0 Å². The molecular formula is C17H18FNO2. The molecule has 0 amide bonds. The van der Waals surface area contributed by atoms with Crippen LogP contribution in [-0.4, -0.2) is 18.1 Å². The molecule has 0 radical (unpaired) electrons. The van der Waals surface area contributed by atoms with E-state index in [4.69, 9.17) is 5.11 Å². The van der Waals surface area contributed by atoms with Crippen molar-refractivity contribution in [1.82, 2.24) is 0 Å². The van der Waals surface area contributed by atoms with Gasteiger partial charge in [-0.15, -0.1) is 0 Å². The summed E-state index contributed by atoms with van der Waals surface area (Å²) in [5.41, 5.74) is 3.33. The van der Waals surface area contributed by atoms with Gasteiger partial charge in [0.1, 0.15) is 5.82 Å². The van der Waals surface area contributed by atoms with Gasteiger partial charge in [0.25, 0.3) is 0 Å². The minimum absolute atomic E-state index is 0.290. The van der Waals surface area contributed by atoms with Crippen molar-refractivity contribution < 1.29 is 14.3 Å². The fraction of sp³-hybridized carbons (Fsp3) is 0.235. The zero-order valence-corrected chi connectivity index (χ0v) is 12.4. The molecule has 2 rings (SSSR count). The number of carboxylic acids is 1. The van der Waals surface area contributed by atoms with Gasteiger partial charge in [-0.2, -0.15) is 0 Å². The zero-order chi connectivity index (χ0) is 15.6. The Balaban J connectivity index is 2.29. The van der Waals surface area contributed by atoms with E-state index >= 15 is 0 Å². The van der Waals surface area contributed by atoms with Gasteiger partial charge in [0.15, 0.2) is 0 Å². The summed E-state index contributed by atoms with van der Waals surface area (Å²) < 4.78 is 14.2. The summed E-state index contributed by atoms with van der Waals surface area (Å²) in [4.78, 5) is 12.9. The Labute approximate surface area is 123 Å². The highest BCUT2D eigenvalue weighted by Gasteiger charge is 2.15. The van der Waals surface area contributed by atoms with Crippen molar-refractivity contribution in [3.8, 4) is 0 Å². The van der Waals surface area contributed by atoms with Crippen LogP contribution in [0.1, 0.15) is 27.0 Å². The first kappa shape index (κ1) is 15.0. The van der Waals surface area contributed by atoms with Crippen molar-refractivity contribution in [3.63, 3.8) is 0 Å². The minimum atomic E-state index is -1.25. The summed E-state index contributed by atoms with van der Waals surface area (Å²) in [6.45, 7) is 4.34. The van der Waals surface area contributed by atoms with Crippen LogP contribution >= 0.6 is 0 Å². The molecule has 0 saturated carbocycles. The second-order valence-corrected chi connectivity index (χ2v) is 5.29. The molecule has 0 aromatic heterocycles. The Morgan fingerprint density at radius 1 is 1.19 bits per heavy atom. The first-order valence-corrected chi connectivity index (χ1v) is 6.68. The van der Waals surface area contributed by atoms with E-state index in [1.807, 2.05) is 37.9 Å². The number of nitrogens with zero attached hydrogens (tertiary/aromatic N) is 1. The van der Waals surface area contributed by atoms with Gasteiger partial charge < -0.3 is 10.0 Å². The van der Waals surface area contributed by atoms with Gasteiger partial charge >= 0.3 is 5.97 Å². The van der Waals surface area contributed by atoms with Gasteiger partial charge in [-0.1, -0.05) is 18.2 Å². The molecule has 2 aromatic carbocycles. The molecule has 21 heavy (non-hydrogen) atoms. The van der Waals surface area contributed by atoms with E-state index in [0.717, 1.165) is 16.8 Å². The van der Waals surface area contributed by atoms with Crippen LogP contribution in [0.15, 0.2) is 36.4 Å². The third kappa shape index (κ3) is 3.40. The Morgan fingerprint density at radius 2 is 1.81 bits per heavy atom. The van der Waals surface area contributed by atoms with Crippen molar-refractivity contribution in [2.24, 2.45) is 0 Å². The van der Waals surface area contributed by atoms with Crippen molar-refractivity contribution in [3.05, 3.63) is 64.5 Å². The SMILES string of the molecule is Cc1cc(C)cc(N(C)Cc2cccc(C(=O)O)c2F)c1. The number of benzene rings is 2. The molecule has 3 nitrogen and oxygen atoms in total. The molecule has 0 fully saturated rings. The van der Waals surface area contributed by atoms with Crippen LogP contribution in [0.5, 0.6) is 0 Å². The summed E-state index contributed by atoms with van der Waals surface area (Å²) in [6, 6.07) is 10.6. The van der Waals surface area contributed by atoms with E-state index in [1.165, 1.54) is 6.07 Å². The lowest BCUT2D eigenvalue weighted by atomic mass is 10.1. The molecule has 4 heteroatoms. The largest absolute Gasteiger partial charge is 0.478 e. The van der Waals surface area contributed by atoms with Crippen molar-refractivity contribution in [2.75, 3.05) is 11.9 Å². The van der Waals surface area contributed by atoms with Crippen molar-refractivity contribution in [2.45, 2.75) is 20.4 Å². The molecule has 0 aliphatic carbocycles. The van der Waals surface area contributed by atoms with Gasteiger partial charge in [0.05, 0.1) is 5.56 Å². The molecule has 1 N–H and O–H groups in total. The van der Waals surface area contributed by atoms with E-state index in [1.54, 1.807) is 12.1 Å². The van der Waals surface area contributed by atoms with E-state index in [9.17, 15) is 9.18 Å². The number of hydrogen-bond acceptors (Lipinski definition) is 2. The molecule has 0 aliphatic heterocycles. The lowest BCUT2D eigenvalue weighted by Gasteiger charge is -2.21. The number of anilines is 1. The fourth-order valence-corrected chi connectivity index (χ4v) is 2.38. The molecule has 0 unspecified atom stereocenters. The number of hydrogen-bond donors (Lipinski definition) is 1. The van der Waals surface area contributed by atoms with Gasteiger partial charge in [0.2, 0.25) is 0 Å². The lowest BCUT2D eigenvalue weighted by Crippen LogP contribution is -2.18. The number of carbonyl (C=O) groups is 1. The van der Waals surface area contributed by atoms with Crippen LogP contribution < -0.4 is 4.90 Å². The monoisotopic (exact) mass is 287 g/mol. The molecule has 0 spiro atoms. The second-order valence-electron chi connectivity index (χ2n) is 5.29. The standard InChI is InChI=1S/C17H18FNO2/c1-11-7-12(2)9-14(8-11)19(3)10-13-5-4-6-15(16(13)18)17(20)21/h4-9H,10H2,1-3H3,(H,20,21). The number of aryl methyl sites for hydroxylation is 2. The molecule has 0 saturated heterocycles. The zero-order valence-electron chi connectivity index (χ0n) is 12.4. The molecule has 0 heterocycles. The normalized spacial score (nSPS) is 10.5. The smallest absolute Gasteiger partial charge is 0.338 e. The van der Waals surface area contributed by atoms with Crippen LogP contribution in [0.4, 0.5) is 10.1 Å². The number of rotatable bonds is 4. The summed E-state index contributed by atoms with van der Waals surface area (Å²) in [5.74, 6) is -1.91. The Bertz CT molecular complexity index is 662. The molecule has 0 bridgehead atoms. The topological polar surface area (TPSA) is 40.5 Å². The summed E-state index contributed by atoms with van der Waals surface area (Å²) >= 11 is 0. The van der Waals surface area contributed by atoms with Gasteiger partial charge in [-0.25, -0.2) is 9.18 Å². The lowest BCUT2D eigenvalue weighted by molar-refractivity contribution is 0.0691. The second kappa shape index (κ2) is 5.95. The average Bonchev–Trinajstić information content (AvgIpc) is 2.39. The first-order chi connectivity index (χ1) is 9.88. The third-order valence-electron chi connectivity index (χ3n) is 3.36. The maximum Gasteiger partial charge on any atom is 0.338 e. The Morgan fingerprint density at radius 3 is 2.38 bits per heavy atom. The highest BCUT2D eigenvalue weighted by atomic mass is 19.1. The van der Waals surface area contributed by atoms with Crippen LogP contribution in [0.2, 0.25) is 0 Å². The summed E-state index contributed by atoms with van der Waals surface area (Å²) in [6.07, 6.45) is 0. The highest BCUT2D eigenvalue weighted by Crippen LogP contribution is 2.21. The highest BCUT2D eigenvalue weighted by molar-refractivity contribution is 5.88. The van der Waals surface area contributed by atoms with Gasteiger partial charge in [-0.05, 0) is 43.2 Å². The van der Waals surface area contributed by atoms with E-state index in [0.29, 0.717) is 12.1 Å². The van der Waals surface area contributed by atoms with Gasteiger partial charge in [0, 0.05) is 24.8 Å². The van der Waals surface area contributed by atoms with Crippen LogP contribution in [0.25, 0.3) is 0 Å². The van der Waals surface area contributed by atoms with E-state index in [-0.39, 0.29) is 5.56 Å². The molecule has 0 aliphatic rings. The van der Waals surface area contributed by atoms with Gasteiger partial charge in [-0.3, -0.25) is 0 Å². The third-order valence-corrected chi connectivity index (χ3v) is 3.36. The molecule has 2 aromatic rings. The average molecular weight is 287 g/mol. The predicted molar refractivity (Wildman–Crippen MR) is 81.4 cm³/mol. The number of halogens is 1. The summed E-state index contributed by atoms with van der Waals surface area (Å²) in [7, 11) is 1.86. The molecule has 0 atom stereocenters. The van der Waals surface area contributed by atoms with Crippen LogP contribution in [-0.2, 0) is 6.54 Å². The quantitative estimate of drug-likeness (QED) is 0.930. The Kier molecular flexibility index (Phi) is 4.26. The number of aromatic carboxylic acids is 1. The van der Waals surface area contributed by atoms with Crippen LogP contribution in [0, 0.1) is 19.7 Å². The first-order valence-electron chi connectivity index (χ1n) is 6.68. The van der Waals surface area contributed by atoms with Crippen molar-refractivity contribution >= 4 is 11.7 Å². The Hall–Kier alpha value is -2.36. The van der Waals surface area contributed by atoms with Crippen molar-refractivity contribution in [1.29, 1.82) is 0 Å². The maximum absolute atomic E-state index is 14.2. The molecular weight excluding hydrogens is 269 g/mol. The predicted octanol–water partition coefficient (Wildman–Crippen LogP) is 3.78. The maximum atomic E-state index is 14.2. The molecule has 110 valence electrons. The minimum Gasteiger partial charge on any atom is -0.478 e. The van der Waals surface area contributed by atoms with E-state index < -0.39 is 11.8 Å². The summed E-state index contributed by atoms with van der Waals surface area (Å²) in [5, 5.41) is 8.96. The van der Waals surface area contributed by atoms with E-state index in [2.05, 4.69) is 6.07 Å². The number of carboxylic acid groups (broad SMARTS) is 1. The fourth-order valence-electron chi connectivity index (χ4n) is 2.38.